The van der Waals surface area contributed by atoms with E-state index < -0.39 is 0 Å². The van der Waals surface area contributed by atoms with Gasteiger partial charge in [0.1, 0.15) is 5.78 Å². The van der Waals surface area contributed by atoms with Crippen molar-refractivity contribution in [2.75, 3.05) is 7.11 Å². The summed E-state index contributed by atoms with van der Waals surface area (Å²) in [5.74, 6) is 4.38. The monoisotopic (exact) mass is 325 g/mol. The fourth-order valence-corrected chi connectivity index (χ4v) is 6.53. The average Bonchev–Trinajstić information content (AvgIpc) is 3.36. The number of aromatic nitrogens is 1. The van der Waals surface area contributed by atoms with Crippen molar-refractivity contribution in [1.82, 2.24) is 4.98 Å². The molecule has 4 saturated carbocycles. The predicted molar refractivity (Wildman–Crippen MR) is 91.9 cm³/mol. The molecule has 0 radical (unpaired) electrons. The van der Waals surface area contributed by atoms with Crippen molar-refractivity contribution in [3.05, 3.63) is 23.9 Å². The molecule has 1 aromatic rings. The summed E-state index contributed by atoms with van der Waals surface area (Å²) in [4.78, 5) is 17.8. The zero-order valence-electron chi connectivity index (χ0n) is 14.5. The van der Waals surface area contributed by atoms with Crippen LogP contribution in [0.5, 0.6) is 5.88 Å². The Hall–Kier alpha value is -1.38. The van der Waals surface area contributed by atoms with Gasteiger partial charge in [-0.05, 0) is 61.8 Å². The Balaban J connectivity index is 1.38. The number of carbonyl (C=O) groups is 1. The SMILES string of the molecule is COc1ncccc1C1CC1C(=O)C12CC3CCCC(C1)C(C3)C2. The molecule has 4 aliphatic carbocycles. The van der Waals surface area contributed by atoms with Crippen LogP contribution in [0.2, 0.25) is 0 Å². The third-order valence-corrected chi connectivity index (χ3v) is 7.52. The van der Waals surface area contributed by atoms with Crippen molar-refractivity contribution in [1.29, 1.82) is 0 Å². The minimum Gasteiger partial charge on any atom is -0.481 e. The number of ketones is 1. The van der Waals surface area contributed by atoms with Gasteiger partial charge >= 0.3 is 0 Å². The number of rotatable bonds is 4. The smallest absolute Gasteiger partial charge is 0.216 e. The Morgan fingerprint density at radius 3 is 2.96 bits per heavy atom. The highest BCUT2D eigenvalue weighted by Gasteiger charge is 2.59. The van der Waals surface area contributed by atoms with E-state index in [1.54, 1.807) is 13.3 Å². The van der Waals surface area contributed by atoms with E-state index in [4.69, 9.17) is 4.74 Å². The molecule has 4 fully saturated rings. The molecule has 3 nitrogen and oxygen atoms in total. The topological polar surface area (TPSA) is 39.2 Å². The second-order valence-electron chi connectivity index (χ2n) is 8.86. The van der Waals surface area contributed by atoms with Gasteiger partial charge in [-0.1, -0.05) is 25.3 Å². The molecule has 6 atom stereocenters. The summed E-state index contributed by atoms with van der Waals surface area (Å²) >= 11 is 0. The molecule has 3 heteroatoms. The molecule has 0 saturated heterocycles. The lowest BCUT2D eigenvalue weighted by Gasteiger charge is -2.37. The van der Waals surface area contributed by atoms with Gasteiger partial charge in [0, 0.05) is 23.1 Å². The molecule has 24 heavy (non-hydrogen) atoms. The van der Waals surface area contributed by atoms with E-state index in [9.17, 15) is 4.79 Å². The summed E-state index contributed by atoms with van der Waals surface area (Å²) in [6.45, 7) is 0. The number of ether oxygens (including phenoxy) is 1. The van der Waals surface area contributed by atoms with Gasteiger partial charge in [-0.25, -0.2) is 4.98 Å². The third kappa shape index (κ3) is 2.16. The van der Waals surface area contributed by atoms with Crippen LogP contribution in [0.4, 0.5) is 0 Å². The molecule has 4 aliphatic rings. The average molecular weight is 325 g/mol. The van der Waals surface area contributed by atoms with E-state index in [0.717, 1.165) is 29.7 Å². The molecular weight excluding hydrogens is 298 g/mol. The first-order valence-electron chi connectivity index (χ1n) is 9.73. The van der Waals surface area contributed by atoms with E-state index in [1.165, 1.54) is 44.9 Å². The third-order valence-electron chi connectivity index (χ3n) is 7.52. The summed E-state index contributed by atoms with van der Waals surface area (Å²) in [6, 6.07) is 4.06. The molecule has 1 heterocycles. The molecule has 5 rings (SSSR count). The van der Waals surface area contributed by atoms with E-state index in [0.29, 0.717) is 17.6 Å². The van der Waals surface area contributed by atoms with Crippen LogP contribution >= 0.6 is 0 Å². The summed E-state index contributed by atoms with van der Waals surface area (Å²) < 4.78 is 5.42. The number of hydrogen-bond donors (Lipinski definition) is 0. The molecular formula is C21H27NO2. The Labute approximate surface area is 144 Å². The maximum atomic E-state index is 13.5. The van der Waals surface area contributed by atoms with Crippen molar-refractivity contribution in [2.24, 2.45) is 29.1 Å². The van der Waals surface area contributed by atoms with Gasteiger partial charge in [0.05, 0.1) is 7.11 Å². The van der Waals surface area contributed by atoms with Crippen LogP contribution in [-0.2, 0) is 4.79 Å². The molecule has 1 aromatic heterocycles. The minimum atomic E-state index is 0.0352. The zero-order chi connectivity index (χ0) is 16.3. The van der Waals surface area contributed by atoms with Gasteiger partial charge in [0.25, 0.3) is 0 Å². The lowest BCUT2D eigenvalue weighted by molar-refractivity contribution is -0.132. The van der Waals surface area contributed by atoms with Crippen molar-refractivity contribution in [3.8, 4) is 5.88 Å². The standard InChI is InChI=1S/C21H27NO2/c1-24-20-16(6-3-7-22-20)17-9-18(17)19(23)21-10-13-4-2-5-14(11-21)15(8-13)12-21/h3,6-7,13-15,17-18H,2,4-5,8-12H2,1H3. The van der Waals surface area contributed by atoms with Gasteiger partial charge in [-0.2, -0.15) is 0 Å². The second-order valence-corrected chi connectivity index (χ2v) is 8.86. The number of Topliss-reactive ketones (excluding diaryl/α,β-unsaturated/α-hetero) is 1. The first-order valence-corrected chi connectivity index (χ1v) is 9.73. The zero-order valence-corrected chi connectivity index (χ0v) is 14.5. The lowest BCUT2D eigenvalue weighted by Crippen LogP contribution is -2.36. The van der Waals surface area contributed by atoms with Crippen LogP contribution in [0.25, 0.3) is 0 Å². The van der Waals surface area contributed by atoms with E-state index >= 15 is 0 Å². The number of carbonyl (C=O) groups excluding carboxylic acids is 1. The molecule has 0 amide bonds. The summed E-state index contributed by atoms with van der Waals surface area (Å²) in [7, 11) is 1.67. The minimum absolute atomic E-state index is 0.0352. The Morgan fingerprint density at radius 1 is 1.21 bits per heavy atom. The van der Waals surface area contributed by atoms with E-state index in [2.05, 4.69) is 11.1 Å². The molecule has 0 aliphatic heterocycles. The molecule has 3 bridgehead atoms. The number of fused-ring (bicyclic) bond motifs is 2. The van der Waals surface area contributed by atoms with Gasteiger partial charge in [0.15, 0.2) is 0 Å². The fourth-order valence-electron chi connectivity index (χ4n) is 6.53. The van der Waals surface area contributed by atoms with Crippen molar-refractivity contribution < 1.29 is 9.53 Å². The Morgan fingerprint density at radius 2 is 2.08 bits per heavy atom. The number of nitrogens with zero attached hydrogens (tertiary/aromatic N) is 1. The Kier molecular flexibility index (Phi) is 3.30. The van der Waals surface area contributed by atoms with Gasteiger partial charge in [-0.15, -0.1) is 0 Å². The maximum Gasteiger partial charge on any atom is 0.216 e. The lowest BCUT2D eigenvalue weighted by atomic mass is 9.66. The maximum absolute atomic E-state index is 13.5. The van der Waals surface area contributed by atoms with Crippen LogP contribution in [0.3, 0.4) is 0 Å². The second kappa shape index (κ2) is 5.31. The summed E-state index contributed by atoms with van der Waals surface area (Å²) in [6.07, 6.45) is 11.9. The Bertz CT molecular complexity index is 668. The number of pyridine rings is 1. The summed E-state index contributed by atoms with van der Waals surface area (Å²) in [5.41, 5.74) is 1.17. The largest absolute Gasteiger partial charge is 0.481 e. The molecule has 0 spiro atoms. The predicted octanol–water partition coefficient (Wildman–Crippen LogP) is 4.37. The van der Waals surface area contributed by atoms with Gasteiger partial charge in [-0.3, -0.25) is 4.79 Å². The fraction of sp³-hybridized carbons (Fsp3) is 0.714. The van der Waals surface area contributed by atoms with Gasteiger partial charge in [0.2, 0.25) is 5.88 Å². The summed E-state index contributed by atoms with van der Waals surface area (Å²) in [5, 5.41) is 0. The highest BCUT2D eigenvalue weighted by atomic mass is 16.5. The number of hydrogen-bond acceptors (Lipinski definition) is 3. The normalized spacial score (nSPS) is 42.6. The molecule has 0 aromatic carbocycles. The first-order chi connectivity index (χ1) is 11.7. The van der Waals surface area contributed by atoms with Crippen LogP contribution in [0, 0.1) is 29.1 Å². The van der Waals surface area contributed by atoms with Crippen molar-refractivity contribution in [2.45, 2.75) is 57.3 Å². The van der Waals surface area contributed by atoms with Crippen LogP contribution < -0.4 is 4.74 Å². The van der Waals surface area contributed by atoms with Crippen LogP contribution in [0.15, 0.2) is 18.3 Å². The highest BCUT2D eigenvalue weighted by Crippen LogP contribution is 2.64. The van der Waals surface area contributed by atoms with Crippen LogP contribution in [-0.4, -0.2) is 17.9 Å². The van der Waals surface area contributed by atoms with Crippen molar-refractivity contribution in [3.63, 3.8) is 0 Å². The molecule has 128 valence electrons. The first kappa shape index (κ1) is 14.9. The highest BCUT2D eigenvalue weighted by molar-refractivity contribution is 5.91. The number of methoxy groups -OCH3 is 1. The molecule has 6 unspecified atom stereocenters. The van der Waals surface area contributed by atoms with Crippen LogP contribution in [0.1, 0.15) is 62.8 Å². The van der Waals surface area contributed by atoms with Crippen molar-refractivity contribution >= 4 is 5.78 Å². The quantitative estimate of drug-likeness (QED) is 0.825. The van der Waals surface area contributed by atoms with Gasteiger partial charge < -0.3 is 4.74 Å². The van der Waals surface area contributed by atoms with E-state index in [1.807, 2.05) is 6.07 Å². The molecule has 0 N–H and O–H groups in total. The van der Waals surface area contributed by atoms with E-state index in [-0.39, 0.29) is 11.3 Å².